The first-order valence-electron chi connectivity index (χ1n) is 12.2. The van der Waals surface area contributed by atoms with Crippen molar-refractivity contribution in [2.24, 2.45) is 0 Å². The number of phosphoric acid groups is 1. The number of aromatic amines is 2. The molecular weight excluding hydrogens is 592 g/mol. The Labute approximate surface area is 231 Å². The Hall–Kier alpha value is -3.66. The fourth-order valence-corrected chi connectivity index (χ4v) is 5.93. The number of rotatable bonds is 8. The van der Waals surface area contributed by atoms with Crippen LogP contribution in [0, 0.1) is 0 Å². The number of nitrogens with zero attached hydrogens (tertiary/aromatic N) is 6. The highest BCUT2D eigenvalue weighted by Crippen LogP contribution is 2.53. The van der Waals surface area contributed by atoms with Crippen LogP contribution in [0.5, 0.6) is 0 Å². The van der Waals surface area contributed by atoms with E-state index in [1.165, 1.54) is 0 Å². The molecule has 0 saturated carbocycles. The maximum absolute atomic E-state index is 15.1. The van der Waals surface area contributed by atoms with E-state index >= 15 is 4.39 Å². The summed E-state index contributed by atoms with van der Waals surface area (Å²) in [6.45, 7) is -2.26. The van der Waals surface area contributed by atoms with Crippen molar-refractivity contribution in [1.82, 2.24) is 39.0 Å². The van der Waals surface area contributed by atoms with E-state index in [2.05, 4.69) is 29.9 Å². The summed E-state index contributed by atoms with van der Waals surface area (Å²) in [5.41, 5.74) is 1.31. The second-order valence-electron chi connectivity index (χ2n) is 9.47. The van der Waals surface area contributed by atoms with Crippen LogP contribution in [0.4, 0.5) is 10.3 Å². The third kappa shape index (κ3) is 4.51. The van der Waals surface area contributed by atoms with Gasteiger partial charge in [0.05, 0.1) is 38.8 Å². The van der Waals surface area contributed by atoms with Gasteiger partial charge in [0.1, 0.15) is 24.4 Å². The number of nitrogens with two attached hydrogens (primary N) is 1. The van der Waals surface area contributed by atoms with Gasteiger partial charge in [0, 0.05) is 0 Å². The van der Waals surface area contributed by atoms with Crippen LogP contribution in [0.1, 0.15) is 6.23 Å². The van der Waals surface area contributed by atoms with Gasteiger partial charge in [0.2, 0.25) is 11.7 Å². The lowest BCUT2D eigenvalue weighted by molar-refractivity contribution is -0.111. The molecule has 6 heterocycles. The first-order chi connectivity index (χ1) is 20.0. The van der Waals surface area contributed by atoms with Crippen molar-refractivity contribution in [3.63, 3.8) is 0 Å². The third-order valence-corrected chi connectivity index (χ3v) is 7.96. The number of hydrogen-bond donors (Lipinski definition) is 7. The summed E-state index contributed by atoms with van der Waals surface area (Å²) in [5, 5.41) is 31.1. The molecule has 2 aliphatic heterocycles. The number of halogens is 1. The number of phosphoric ester groups is 1. The first kappa shape index (κ1) is 28.5. The van der Waals surface area contributed by atoms with Crippen molar-refractivity contribution in [2.45, 2.75) is 42.5 Å². The molecule has 22 heteroatoms. The van der Waals surface area contributed by atoms with E-state index in [0.29, 0.717) is 0 Å². The minimum absolute atomic E-state index is 0.0347. The van der Waals surface area contributed by atoms with E-state index in [9.17, 15) is 34.4 Å². The number of fused-ring (bicyclic) bond motifs is 2. The average molecular weight is 615 g/mol. The Balaban J connectivity index is 1.25. The van der Waals surface area contributed by atoms with E-state index in [0.717, 1.165) is 28.1 Å². The van der Waals surface area contributed by atoms with E-state index < -0.39 is 81.3 Å². The number of hydrogen-bond acceptors (Lipinski definition) is 15. The number of aliphatic hydroxyl groups is 3. The molecule has 0 radical (unpaired) electrons. The largest absolute Gasteiger partial charge is 0.474 e. The van der Waals surface area contributed by atoms with E-state index in [-0.39, 0.29) is 28.3 Å². The second kappa shape index (κ2) is 10.3. The zero-order valence-electron chi connectivity index (χ0n) is 21.0. The molecule has 4 aromatic heterocycles. The van der Waals surface area contributed by atoms with Gasteiger partial charge in [-0.3, -0.25) is 32.8 Å². The van der Waals surface area contributed by atoms with E-state index in [4.69, 9.17) is 24.3 Å². The van der Waals surface area contributed by atoms with Gasteiger partial charge >= 0.3 is 7.82 Å². The number of alkyl halides is 1. The molecule has 0 aliphatic carbocycles. The monoisotopic (exact) mass is 615 g/mol. The molecule has 2 aliphatic rings. The molecule has 8 atom stereocenters. The minimum atomic E-state index is -5.25. The van der Waals surface area contributed by atoms with Crippen molar-refractivity contribution in [3.8, 4) is 0 Å². The van der Waals surface area contributed by atoms with E-state index in [1.807, 2.05) is 0 Å². The van der Waals surface area contributed by atoms with Crippen LogP contribution in [0.25, 0.3) is 22.3 Å². The Bertz CT molecular complexity index is 1810. The molecule has 226 valence electrons. The molecule has 6 rings (SSSR count). The predicted molar refractivity (Wildman–Crippen MR) is 133 cm³/mol. The highest BCUT2D eigenvalue weighted by atomic mass is 31.2. The highest BCUT2D eigenvalue weighted by molar-refractivity contribution is 7.47. The molecular formula is C20H23FN9O11P. The topological polar surface area (TPSA) is 288 Å². The molecule has 0 spiro atoms. The van der Waals surface area contributed by atoms with Crippen LogP contribution in [-0.2, 0) is 28.8 Å². The van der Waals surface area contributed by atoms with Crippen molar-refractivity contribution in [1.29, 1.82) is 0 Å². The predicted octanol–water partition coefficient (Wildman–Crippen LogP) is -3.03. The summed E-state index contributed by atoms with van der Waals surface area (Å²) in [7, 11) is -5.25. The number of imidazole rings is 2. The molecule has 0 bridgehead atoms. The Morgan fingerprint density at radius 3 is 2.64 bits per heavy atom. The Kier molecular flexibility index (Phi) is 6.95. The Morgan fingerprint density at radius 1 is 1.17 bits per heavy atom. The summed E-state index contributed by atoms with van der Waals surface area (Å²) in [4.78, 5) is 55.1. The maximum Gasteiger partial charge on any atom is 0.474 e. The average Bonchev–Trinajstić information content (AvgIpc) is 3.70. The van der Waals surface area contributed by atoms with Gasteiger partial charge < -0.3 is 40.4 Å². The number of nitrogen functional groups attached to an aromatic ring is 1. The normalized spacial score (nSPS) is 31.3. The minimum Gasteiger partial charge on any atom is -0.394 e. The van der Waals surface area contributed by atoms with Crippen LogP contribution in [0.15, 0.2) is 28.6 Å². The number of ether oxygens (including phenoxy) is 2. The van der Waals surface area contributed by atoms with E-state index in [1.54, 1.807) is 0 Å². The Morgan fingerprint density at radius 2 is 1.90 bits per heavy atom. The van der Waals surface area contributed by atoms with Gasteiger partial charge in [-0.2, -0.15) is 4.98 Å². The van der Waals surface area contributed by atoms with Crippen LogP contribution in [0.2, 0.25) is 0 Å². The molecule has 4 aromatic rings. The second-order valence-corrected chi connectivity index (χ2v) is 10.8. The molecule has 1 unspecified atom stereocenters. The van der Waals surface area contributed by atoms with Crippen molar-refractivity contribution >= 4 is 36.1 Å². The van der Waals surface area contributed by atoms with Gasteiger partial charge in [0.15, 0.2) is 34.7 Å². The number of H-pyrrole nitrogens is 2. The number of anilines is 1. The smallest absolute Gasteiger partial charge is 0.394 e. The van der Waals surface area contributed by atoms with Gasteiger partial charge in [-0.25, -0.2) is 23.9 Å². The lowest BCUT2D eigenvalue weighted by atomic mass is 10.1. The molecule has 42 heavy (non-hydrogen) atoms. The standard InChI is InChI=1S/C20H23FN9O11P/c21-9-12(32)8(40-18(9)29-5-25-10-14(29)23-4-24-16(10)34)2-39-42(36,37)41-20(3-38-7(1-31)13(20)33)30-6-26-11-15(30)27-19(22)28-17(11)35/h4-9,12-13,18,31-33H,1-3H2,(H,36,37)(H,23,24,34)(H3,22,27,28,35)/t7-,8-,9+,12-,13-,18-,20-/m1/s1. The molecule has 20 nitrogen and oxygen atoms in total. The summed E-state index contributed by atoms with van der Waals surface area (Å²) >= 11 is 0. The van der Waals surface area contributed by atoms with Crippen molar-refractivity contribution < 1.29 is 47.7 Å². The zero-order valence-corrected chi connectivity index (χ0v) is 21.9. The zero-order chi connectivity index (χ0) is 30.0. The summed E-state index contributed by atoms with van der Waals surface area (Å²) < 4.78 is 51.6. The van der Waals surface area contributed by atoms with Crippen LogP contribution >= 0.6 is 7.82 Å². The maximum atomic E-state index is 15.1. The molecule has 2 saturated heterocycles. The summed E-state index contributed by atoms with van der Waals surface area (Å²) in [6, 6.07) is 0. The fraction of sp³-hybridized carbons (Fsp3) is 0.500. The molecule has 2 fully saturated rings. The van der Waals surface area contributed by atoms with Gasteiger partial charge in [-0.15, -0.1) is 0 Å². The van der Waals surface area contributed by atoms with Crippen molar-refractivity contribution in [3.05, 3.63) is 39.7 Å². The van der Waals surface area contributed by atoms with Gasteiger partial charge in [-0.1, -0.05) is 0 Å². The van der Waals surface area contributed by atoms with Crippen LogP contribution < -0.4 is 16.9 Å². The third-order valence-electron chi connectivity index (χ3n) is 6.94. The van der Waals surface area contributed by atoms with Crippen LogP contribution in [-0.4, -0.2) is 110 Å². The van der Waals surface area contributed by atoms with Gasteiger partial charge in [0.25, 0.3) is 11.1 Å². The van der Waals surface area contributed by atoms with Crippen LogP contribution in [0.3, 0.4) is 0 Å². The quantitative estimate of drug-likeness (QED) is 0.0970. The summed E-state index contributed by atoms with van der Waals surface area (Å²) in [5.74, 6) is -0.340. The van der Waals surface area contributed by atoms with Gasteiger partial charge in [-0.05, 0) is 0 Å². The molecule has 0 aromatic carbocycles. The van der Waals surface area contributed by atoms with Crippen molar-refractivity contribution in [2.75, 3.05) is 25.6 Å². The summed E-state index contributed by atoms with van der Waals surface area (Å²) in [6.07, 6.45) is -6.99. The lowest BCUT2D eigenvalue weighted by Gasteiger charge is -2.34. The number of aromatic nitrogens is 8. The fourth-order valence-electron chi connectivity index (χ4n) is 4.89. The number of aliphatic hydroxyl groups excluding tert-OH is 3. The number of nitrogens with one attached hydrogen (secondary N) is 2. The lowest BCUT2D eigenvalue weighted by Crippen LogP contribution is -2.48. The molecule has 8 N–H and O–H groups in total. The first-order valence-corrected chi connectivity index (χ1v) is 13.6. The molecule has 0 amide bonds. The SMILES string of the molecule is Nc1nc2c(ncn2[C@@]2(OP(=O)(O)OC[C@H]3O[C@@H](n4cnc5c(=O)[nH]cnc54)[C@@H](F)[C@@H]3O)CO[C@H](CO)[C@H]2O)c(=O)[nH]1. The highest BCUT2D eigenvalue weighted by Gasteiger charge is 2.57.